The molecule has 3 nitrogen and oxygen atoms in total. The van der Waals surface area contributed by atoms with Crippen molar-refractivity contribution in [1.29, 1.82) is 0 Å². The van der Waals surface area contributed by atoms with Gasteiger partial charge in [-0.15, -0.1) is 13.2 Å². The molecule has 0 atom stereocenters. The second-order valence-corrected chi connectivity index (χ2v) is 6.67. The molecule has 0 spiro atoms. The van der Waals surface area contributed by atoms with Crippen LogP contribution in [0.2, 0.25) is 0 Å². The fourth-order valence-corrected chi connectivity index (χ4v) is 2.85. The highest BCUT2D eigenvalue weighted by Crippen LogP contribution is 2.13. The van der Waals surface area contributed by atoms with E-state index in [1.807, 2.05) is 0 Å². The van der Waals surface area contributed by atoms with Crippen molar-refractivity contribution in [3.8, 4) is 0 Å². The molecule has 0 aliphatic heterocycles. The molecule has 0 saturated heterocycles. The van der Waals surface area contributed by atoms with Crippen LogP contribution in [0, 0.1) is 0 Å². The van der Waals surface area contributed by atoms with Crippen LogP contribution in [0.3, 0.4) is 0 Å². The molecule has 0 bridgehead atoms. The van der Waals surface area contributed by atoms with Gasteiger partial charge in [0.15, 0.2) is 0 Å². The van der Waals surface area contributed by atoms with Crippen LogP contribution < -0.4 is 0 Å². The standard InChI is InChI=1S/C20H38O3.C2H4/c1-3-4-5-6-7-8-9-10-11-12-13-14-15-16-17-18-20(22)23-19(2)21;1-2/h3-18H2,1-2H3;1-2H2. The number of rotatable bonds is 16. The van der Waals surface area contributed by atoms with Crippen molar-refractivity contribution >= 4 is 11.9 Å². The van der Waals surface area contributed by atoms with E-state index >= 15 is 0 Å². The van der Waals surface area contributed by atoms with Crippen LogP contribution in [0.15, 0.2) is 13.2 Å². The number of esters is 2. The van der Waals surface area contributed by atoms with Crippen molar-refractivity contribution in [3.05, 3.63) is 13.2 Å². The first-order valence-corrected chi connectivity index (χ1v) is 10.4. The van der Waals surface area contributed by atoms with Gasteiger partial charge in [0.05, 0.1) is 0 Å². The molecule has 0 aliphatic rings. The van der Waals surface area contributed by atoms with Crippen molar-refractivity contribution in [2.75, 3.05) is 0 Å². The van der Waals surface area contributed by atoms with Gasteiger partial charge in [0.2, 0.25) is 0 Å². The van der Waals surface area contributed by atoms with E-state index in [0.29, 0.717) is 6.42 Å². The second kappa shape index (κ2) is 22.9. The first kappa shape index (κ1) is 26.1. The molecule has 3 heteroatoms. The van der Waals surface area contributed by atoms with Gasteiger partial charge in [0.25, 0.3) is 0 Å². The molecule has 0 aromatic heterocycles. The Morgan fingerprint density at radius 1 is 0.640 bits per heavy atom. The average Bonchev–Trinajstić information content (AvgIpc) is 2.59. The number of hydrogen-bond donors (Lipinski definition) is 0. The van der Waals surface area contributed by atoms with Crippen LogP contribution in [0.1, 0.15) is 117 Å². The zero-order valence-corrected chi connectivity index (χ0v) is 17.0. The van der Waals surface area contributed by atoms with Crippen LogP contribution in [0.5, 0.6) is 0 Å². The Kier molecular flexibility index (Phi) is 23.9. The molecule has 0 aromatic rings. The van der Waals surface area contributed by atoms with Crippen LogP contribution >= 0.6 is 0 Å². The molecule has 0 aliphatic carbocycles. The van der Waals surface area contributed by atoms with E-state index in [1.54, 1.807) is 0 Å². The molecule has 25 heavy (non-hydrogen) atoms. The Labute approximate surface area is 156 Å². The summed E-state index contributed by atoms with van der Waals surface area (Å²) in [5.74, 6) is -0.886. The summed E-state index contributed by atoms with van der Waals surface area (Å²) in [5, 5.41) is 0. The molecular weight excluding hydrogens is 312 g/mol. The minimum Gasteiger partial charge on any atom is -0.393 e. The van der Waals surface area contributed by atoms with Gasteiger partial charge in [-0.1, -0.05) is 96.8 Å². The van der Waals surface area contributed by atoms with Gasteiger partial charge in [0.1, 0.15) is 0 Å². The van der Waals surface area contributed by atoms with E-state index < -0.39 is 5.97 Å². The molecule has 0 aromatic carbocycles. The van der Waals surface area contributed by atoms with Crippen LogP contribution in [-0.2, 0) is 14.3 Å². The minimum absolute atomic E-state index is 0.373. The SMILES string of the molecule is C=C.CCCCCCCCCCCCCCCCCC(=O)OC(C)=O. The van der Waals surface area contributed by atoms with Crippen LogP contribution in [0.4, 0.5) is 0 Å². The maximum Gasteiger partial charge on any atom is 0.313 e. The van der Waals surface area contributed by atoms with Gasteiger partial charge in [0, 0.05) is 13.3 Å². The van der Waals surface area contributed by atoms with Gasteiger partial charge in [-0.25, -0.2) is 0 Å². The summed E-state index contributed by atoms with van der Waals surface area (Å²) in [7, 11) is 0. The van der Waals surface area contributed by atoms with E-state index in [2.05, 4.69) is 24.8 Å². The summed E-state index contributed by atoms with van der Waals surface area (Å²) in [4.78, 5) is 21.7. The topological polar surface area (TPSA) is 43.4 Å². The Morgan fingerprint density at radius 2 is 0.960 bits per heavy atom. The largest absolute Gasteiger partial charge is 0.393 e. The van der Waals surface area contributed by atoms with Crippen molar-refractivity contribution in [2.45, 2.75) is 117 Å². The number of ether oxygens (including phenoxy) is 1. The van der Waals surface area contributed by atoms with E-state index in [0.717, 1.165) is 12.8 Å². The zero-order valence-electron chi connectivity index (χ0n) is 17.0. The molecule has 0 rings (SSSR count). The molecule has 148 valence electrons. The molecule has 0 saturated carbocycles. The Hall–Kier alpha value is -1.12. The summed E-state index contributed by atoms with van der Waals surface area (Å²) in [5.41, 5.74) is 0. The van der Waals surface area contributed by atoms with Gasteiger partial charge in [-0.05, 0) is 6.42 Å². The normalized spacial score (nSPS) is 10.0. The average molecular weight is 355 g/mol. The number of carbonyl (C=O) groups excluding carboxylic acids is 2. The maximum absolute atomic E-state index is 11.1. The van der Waals surface area contributed by atoms with Crippen molar-refractivity contribution in [2.24, 2.45) is 0 Å². The van der Waals surface area contributed by atoms with Gasteiger partial charge in [-0.3, -0.25) is 9.59 Å². The second-order valence-electron chi connectivity index (χ2n) is 6.67. The van der Waals surface area contributed by atoms with Crippen LogP contribution in [-0.4, -0.2) is 11.9 Å². The highest BCUT2D eigenvalue weighted by atomic mass is 16.6. The van der Waals surface area contributed by atoms with E-state index in [9.17, 15) is 9.59 Å². The molecule has 0 radical (unpaired) electrons. The van der Waals surface area contributed by atoms with E-state index in [-0.39, 0.29) is 5.97 Å². The predicted octanol–water partition coefficient (Wildman–Crippen LogP) is 7.14. The molecule has 0 fully saturated rings. The molecular formula is C22H42O3. The van der Waals surface area contributed by atoms with Gasteiger partial charge >= 0.3 is 11.9 Å². The Bertz CT molecular complexity index is 300. The summed E-state index contributed by atoms with van der Waals surface area (Å²) in [6.45, 7) is 9.53. The van der Waals surface area contributed by atoms with Gasteiger partial charge in [-0.2, -0.15) is 0 Å². The van der Waals surface area contributed by atoms with E-state index in [1.165, 1.54) is 90.4 Å². The lowest BCUT2D eigenvalue weighted by atomic mass is 10.0. The van der Waals surface area contributed by atoms with Crippen molar-refractivity contribution < 1.29 is 14.3 Å². The summed E-state index contributed by atoms with van der Waals surface area (Å²) in [6, 6.07) is 0. The maximum atomic E-state index is 11.1. The smallest absolute Gasteiger partial charge is 0.313 e. The molecule has 0 unspecified atom stereocenters. The highest BCUT2D eigenvalue weighted by Gasteiger charge is 2.04. The minimum atomic E-state index is -0.504. The Morgan fingerprint density at radius 3 is 1.28 bits per heavy atom. The van der Waals surface area contributed by atoms with Crippen molar-refractivity contribution in [1.82, 2.24) is 0 Å². The fourth-order valence-electron chi connectivity index (χ4n) is 2.85. The number of carbonyl (C=O) groups is 2. The van der Waals surface area contributed by atoms with E-state index in [4.69, 9.17) is 0 Å². The first-order valence-electron chi connectivity index (χ1n) is 10.4. The predicted molar refractivity (Wildman–Crippen MR) is 108 cm³/mol. The lowest BCUT2D eigenvalue weighted by molar-refractivity contribution is -0.158. The van der Waals surface area contributed by atoms with Crippen LogP contribution in [0.25, 0.3) is 0 Å². The third-order valence-corrected chi connectivity index (χ3v) is 4.24. The third-order valence-electron chi connectivity index (χ3n) is 4.24. The summed E-state index contributed by atoms with van der Waals surface area (Å²) < 4.78 is 4.49. The molecule has 0 N–H and O–H groups in total. The zero-order chi connectivity index (χ0) is 19.2. The monoisotopic (exact) mass is 354 g/mol. The Balaban J connectivity index is 0. The fraction of sp³-hybridized carbons (Fsp3) is 0.818. The number of hydrogen-bond acceptors (Lipinski definition) is 3. The number of unbranched alkanes of at least 4 members (excludes halogenated alkanes) is 14. The molecule has 0 amide bonds. The van der Waals surface area contributed by atoms with Crippen molar-refractivity contribution in [3.63, 3.8) is 0 Å². The summed E-state index contributed by atoms with van der Waals surface area (Å²) >= 11 is 0. The van der Waals surface area contributed by atoms with Gasteiger partial charge < -0.3 is 4.74 Å². The lowest BCUT2D eigenvalue weighted by Crippen LogP contribution is -2.08. The highest BCUT2D eigenvalue weighted by molar-refractivity contribution is 5.83. The summed E-state index contributed by atoms with van der Waals surface area (Å²) in [6.07, 6.45) is 20.0. The molecule has 0 heterocycles. The lowest BCUT2D eigenvalue weighted by Gasteiger charge is -2.03. The quantitative estimate of drug-likeness (QED) is 0.128. The third kappa shape index (κ3) is 25.2. The first-order chi connectivity index (χ1) is 12.2.